The summed E-state index contributed by atoms with van der Waals surface area (Å²) in [7, 11) is 1.46. The molecule has 7 nitrogen and oxygen atoms in total. The molecule has 0 radical (unpaired) electrons. The fourth-order valence-electron chi connectivity index (χ4n) is 2.79. The third kappa shape index (κ3) is 4.07. The Morgan fingerprint density at radius 3 is 2.85 bits per heavy atom. The number of nitrogens with one attached hydrogen (secondary N) is 1. The average molecular weight is 358 g/mol. The number of hydrogen-bond acceptors (Lipinski definition) is 6. The van der Waals surface area contributed by atoms with E-state index in [4.69, 9.17) is 19.9 Å². The van der Waals surface area contributed by atoms with Crippen molar-refractivity contribution in [2.75, 3.05) is 26.8 Å². The number of para-hydroxylation sites is 2. The van der Waals surface area contributed by atoms with E-state index in [1.807, 2.05) is 24.3 Å². The van der Waals surface area contributed by atoms with Crippen LogP contribution in [0.5, 0.6) is 17.2 Å². The van der Waals surface area contributed by atoms with Crippen LogP contribution in [0.1, 0.15) is 22.0 Å². The second-order valence-corrected chi connectivity index (χ2v) is 6.00. The molecule has 26 heavy (non-hydrogen) atoms. The predicted molar refractivity (Wildman–Crippen MR) is 95.7 cm³/mol. The molecule has 2 aromatic rings. The van der Waals surface area contributed by atoms with E-state index in [2.05, 4.69) is 5.32 Å². The number of rotatable bonds is 7. The van der Waals surface area contributed by atoms with Gasteiger partial charge in [-0.25, -0.2) is 0 Å². The Kier molecular flexibility index (Phi) is 5.60. The smallest absolute Gasteiger partial charge is 0.252 e. The van der Waals surface area contributed by atoms with Gasteiger partial charge in [0.15, 0.2) is 11.5 Å². The van der Waals surface area contributed by atoms with E-state index < -0.39 is 12.0 Å². The summed E-state index contributed by atoms with van der Waals surface area (Å²) in [6.45, 7) is 1.25. The van der Waals surface area contributed by atoms with E-state index in [0.29, 0.717) is 36.8 Å². The minimum atomic E-state index is -0.796. The monoisotopic (exact) mass is 358 g/mol. The van der Waals surface area contributed by atoms with Gasteiger partial charge in [-0.15, -0.1) is 0 Å². The number of methoxy groups -OCH3 is 1. The molecular weight excluding hydrogens is 336 g/mol. The number of amides is 1. The lowest BCUT2D eigenvalue weighted by Gasteiger charge is -2.27. The summed E-state index contributed by atoms with van der Waals surface area (Å²) >= 11 is 0. The topological polar surface area (TPSA) is 103 Å². The minimum absolute atomic E-state index is 0.144. The van der Waals surface area contributed by atoms with E-state index in [0.717, 1.165) is 5.75 Å². The third-order valence-corrected chi connectivity index (χ3v) is 4.15. The van der Waals surface area contributed by atoms with Crippen molar-refractivity contribution in [1.82, 2.24) is 5.32 Å². The summed E-state index contributed by atoms with van der Waals surface area (Å²) in [6.07, 6.45) is -0.940. The number of fused-ring (bicyclic) bond motifs is 1. The molecule has 2 unspecified atom stereocenters. The molecule has 0 spiro atoms. The summed E-state index contributed by atoms with van der Waals surface area (Å²) < 4.78 is 16.6. The first-order valence-corrected chi connectivity index (χ1v) is 8.33. The summed E-state index contributed by atoms with van der Waals surface area (Å²) in [5.74, 6) is 1.23. The molecule has 0 aliphatic carbocycles. The lowest BCUT2D eigenvalue weighted by atomic mass is 10.0. The van der Waals surface area contributed by atoms with Crippen molar-refractivity contribution in [3.05, 3.63) is 53.6 Å². The normalized spacial score (nSPS) is 16.8. The predicted octanol–water partition coefficient (Wildman–Crippen LogP) is 1.26. The average Bonchev–Trinajstić information content (AvgIpc) is 2.67. The number of carbonyl (C=O) groups is 1. The highest BCUT2D eigenvalue weighted by Crippen LogP contribution is 2.30. The van der Waals surface area contributed by atoms with Crippen LogP contribution < -0.4 is 25.3 Å². The van der Waals surface area contributed by atoms with E-state index in [9.17, 15) is 9.90 Å². The number of primary amides is 1. The van der Waals surface area contributed by atoms with Gasteiger partial charge in [0, 0.05) is 13.1 Å². The summed E-state index contributed by atoms with van der Waals surface area (Å²) in [4.78, 5) is 11.5. The van der Waals surface area contributed by atoms with Crippen LogP contribution in [0.3, 0.4) is 0 Å². The maximum Gasteiger partial charge on any atom is 0.252 e. The largest absolute Gasteiger partial charge is 0.496 e. The van der Waals surface area contributed by atoms with Crippen molar-refractivity contribution in [2.24, 2.45) is 5.73 Å². The maximum absolute atomic E-state index is 11.5. The molecule has 1 heterocycles. The van der Waals surface area contributed by atoms with Crippen LogP contribution in [0.4, 0.5) is 0 Å². The number of hydrogen-bond donors (Lipinski definition) is 3. The Bertz CT molecular complexity index is 780. The van der Waals surface area contributed by atoms with Gasteiger partial charge in [0.2, 0.25) is 0 Å². The van der Waals surface area contributed by atoms with Crippen LogP contribution in [-0.2, 0) is 0 Å². The summed E-state index contributed by atoms with van der Waals surface area (Å²) in [5, 5.41) is 13.5. The molecule has 4 N–H and O–H groups in total. The molecule has 0 saturated heterocycles. The molecule has 1 aliphatic rings. The Morgan fingerprint density at radius 1 is 1.35 bits per heavy atom. The number of ether oxygens (including phenoxy) is 3. The van der Waals surface area contributed by atoms with Gasteiger partial charge in [0.1, 0.15) is 18.5 Å². The molecule has 0 bridgehead atoms. The third-order valence-electron chi connectivity index (χ3n) is 4.15. The lowest BCUT2D eigenvalue weighted by Crippen LogP contribution is -2.39. The first kappa shape index (κ1) is 18.0. The van der Waals surface area contributed by atoms with Gasteiger partial charge in [0.05, 0.1) is 18.8 Å². The first-order valence-electron chi connectivity index (χ1n) is 8.33. The van der Waals surface area contributed by atoms with E-state index in [1.54, 1.807) is 18.2 Å². The first-order chi connectivity index (χ1) is 12.6. The molecule has 0 aromatic heterocycles. The zero-order chi connectivity index (χ0) is 18.5. The minimum Gasteiger partial charge on any atom is -0.496 e. The molecule has 7 heteroatoms. The van der Waals surface area contributed by atoms with Gasteiger partial charge in [-0.05, 0) is 29.8 Å². The van der Waals surface area contributed by atoms with Crippen LogP contribution in [0.15, 0.2) is 42.5 Å². The van der Waals surface area contributed by atoms with Crippen molar-refractivity contribution >= 4 is 5.91 Å². The van der Waals surface area contributed by atoms with Crippen molar-refractivity contribution in [2.45, 2.75) is 12.2 Å². The zero-order valence-electron chi connectivity index (χ0n) is 14.5. The quantitative estimate of drug-likeness (QED) is 0.688. The zero-order valence-corrected chi connectivity index (χ0v) is 14.5. The fourth-order valence-corrected chi connectivity index (χ4v) is 2.79. The SMILES string of the molecule is COc1ccc(C(O)CNCC2COc3ccccc3O2)cc1C(N)=O. The maximum atomic E-state index is 11.5. The van der Waals surface area contributed by atoms with Crippen LogP contribution >= 0.6 is 0 Å². The highest BCUT2D eigenvalue weighted by Gasteiger charge is 2.21. The number of benzene rings is 2. The van der Waals surface area contributed by atoms with Crippen LogP contribution in [-0.4, -0.2) is 43.9 Å². The fraction of sp³-hybridized carbons (Fsp3) is 0.316. The molecule has 3 rings (SSSR count). The molecule has 2 atom stereocenters. The number of carbonyl (C=O) groups excluding carboxylic acids is 1. The van der Waals surface area contributed by atoms with E-state index in [-0.39, 0.29) is 11.7 Å². The van der Waals surface area contributed by atoms with Crippen LogP contribution in [0, 0.1) is 0 Å². The van der Waals surface area contributed by atoms with E-state index >= 15 is 0 Å². The molecule has 0 saturated carbocycles. The molecule has 138 valence electrons. The Morgan fingerprint density at radius 2 is 2.12 bits per heavy atom. The Hall–Kier alpha value is -2.77. The van der Waals surface area contributed by atoms with Gasteiger partial charge < -0.3 is 30.4 Å². The van der Waals surface area contributed by atoms with Crippen molar-refractivity contribution in [1.29, 1.82) is 0 Å². The standard InChI is InChI=1S/C19H22N2O5/c1-24-16-7-6-12(8-14(16)19(20)23)15(22)10-21-9-13-11-25-17-4-2-3-5-18(17)26-13/h2-8,13,15,21-22H,9-11H2,1H3,(H2,20,23). The van der Waals surface area contributed by atoms with Crippen molar-refractivity contribution < 1.29 is 24.1 Å². The van der Waals surface area contributed by atoms with Gasteiger partial charge in [0.25, 0.3) is 5.91 Å². The highest BCUT2D eigenvalue weighted by atomic mass is 16.6. The highest BCUT2D eigenvalue weighted by molar-refractivity contribution is 5.95. The van der Waals surface area contributed by atoms with Crippen LogP contribution in [0.25, 0.3) is 0 Å². The van der Waals surface area contributed by atoms with E-state index in [1.165, 1.54) is 7.11 Å². The van der Waals surface area contributed by atoms with Gasteiger partial charge >= 0.3 is 0 Å². The van der Waals surface area contributed by atoms with Crippen LogP contribution in [0.2, 0.25) is 0 Å². The Balaban J connectivity index is 1.54. The molecule has 2 aromatic carbocycles. The van der Waals surface area contributed by atoms with Crippen molar-refractivity contribution in [3.63, 3.8) is 0 Å². The number of nitrogens with two attached hydrogens (primary N) is 1. The molecule has 1 amide bonds. The summed E-state index contributed by atoms with van der Waals surface area (Å²) in [5.41, 5.74) is 6.17. The second-order valence-electron chi connectivity index (χ2n) is 6.00. The second kappa shape index (κ2) is 8.07. The number of aliphatic hydroxyl groups is 1. The molecule has 0 fully saturated rings. The summed E-state index contributed by atoms with van der Waals surface area (Å²) in [6, 6.07) is 12.4. The van der Waals surface area contributed by atoms with Gasteiger partial charge in [-0.3, -0.25) is 4.79 Å². The molecule has 1 aliphatic heterocycles. The van der Waals surface area contributed by atoms with Gasteiger partial charge in [-0.2, -0.15) is 0 Å². The van der Waals surface area contributed by atoms with Gasteiger partial charge in [-0.1, -0.05) is 18.2 Å². The van der Waals surface area contributed by atoms with Crippen molar-refractivity contribution in [3.8, 4) is 17.2 Å². The number of aliphatic hydroxyl groups excluding tert-OH is 1. The Labute approximate surface area is 151 Å². The molecular formula is C19H22N2O5. The lowest BCUT2D eigenvalue weighted by molar-refractivity contribution is 0.0858.